The van der Waals surface area contributed by atoms with Gasteiger partial charge in [0, 0.05) is 18.2 Å². The van der Waals surface area contributed by atoms with Gasteiger partial charge >= 0.3 is 0 Å². The van der Waals surface area contributed by atoms with Crippen LogP contribution in [0.3, 0.4) is 0 Å². The Balaban J connectivity index is 1.42. The third-order valence-corrected chi connectivity index (χ3v) is 5.61. The smallest absolute Gasteiger partial charge is 0.241 e. The average Bonchev–Trinajstić information content (AvgIpc) is 3.40. The van der Waals surface area contributed by atoms with E-state index in [-0.39, 0.29) is 0 Å². The number of piperidine rings is 1. The highest BCUT2D eigenvalue weighted by molar-refractivity contribution is 5.60. The molecule has 0 bridgehead atoms. The van der Waals surface area contributed by atoms with Crippen LogP contribution in [-0.2, 0) is 6.54 Å². The summed E-state index contributed by atoms with van der Waals surface area (Å²) in [7, 11) is 3.24. The van der Waals surface area contributed by atoms with Gasteiger partial charge in [-0.1, -0.05) is 5.16 Å². The van der Waals surface area contributed by atoms with Crippen LogP contribution >= 0.6 is 0 Å². The lowest BCUT2D eigenvalue weighted by molar-refractivity contribution is 0.102. The van der Waals surface area contributed by atoms with E-state index in [1.165, 1.54) is 38.8 Å². The monoisotopic (exact) mass is 372 g/mol. The molecule has 1 aromatic carbocycles. The predicted octanol–water partition coefficient (Wildman–Crippen LogP) is 2.81. The number of aromatic nitrogens is 2. The molecule has 1 aromatic heterocycles. The molecule has 2 fully saturated rings. The van der Waals surface area contributed by atoms with Crippen molar-refractivity contribution in [1.29, 1.82) is 0 Å². The topological polar surface area (TPSA) is 63.9 Å². The van der Waals surface area contributed by atoms with E-state index in [9.17, 15) is 0 Å². The van der Waals surface area contributed by atoms with Gasteiger partial charge in [-0.2, -0.15) is 4.98 Å². The van der Waals surface area contributed by atoms with Crippen molar-refractivity contribution in [2.45, 2.75) is 38.3 Å². The quantitative estimate of drug-likeness (QED) is 0.772. The van der Waals surface area contributed by atoms with E-state index in [1.807, 2.05) is 18.2 Å². The fourth-order valence-electron chi connectivity index (χ4n) is 4.18. The van der Waals surface area contributed by atoms with Crippen molar-refractivity contribution in [1.82, 2.24) is 19.9 Å². The van der Waals surface area contributed by atoms with Gasteiger partial charge in [-0.05, 0) is 63.5 Å². The van der Waals surface area contributed by atoms with Crippen molar-refractivity contribution in [2.24, 2.45) is 0 Å². The molecule has 0 amide bonds. The molecule has 1 atom stereocenters. The summed E-state index contributed by atoms with van der Waals surface area (Å²) < 4.78 is 16.2. The summed E-state index contributed by atoms with van der Waals surface area (Å²) in [5, 5.41) is 4.16. The number of hydrogen-bond donors (Lipinski definition) is 0. The second kappa shape index (κ2) is 8.27. The zero-order chi connectivity index (χ0) is 18.6. The number of benzene rings is 1. The van der Waals surface area contributed by atoms with Gasteiger partial charge in [0.05, 0.1) is 20.8 Å². The Kier molecular flexibility index (Phi) is 5.59. The van der Waals surface area contributed by atoms with Crippen LogP contribution < -0.4 is 9.47 Å². The molecule has 0 N–H and O–H groups in total. The van der Waals surface area contributed by atoms with E-state index >= 15 is 0 Å². The molecule has 27 heavy (non-hydrogen) atoms. The summed E-state index contributed by atoms with van der Waals surface area (Å²) >= 11 is 0. The zero-order valence-corrected chi connectivity index (χ0v) is 16.2. The lowest BCUT2D eigenvalue weighted by atomic mass is 10.0. The van der Waals surface area contributed by atoms with Crippen LogP contribution in [0.1, 0.15) is 31.6 Å². The van der Waals surface area contributed by atoms with Gasteiger partial charge < -0.3 is 14.0 Å². The van der Waals surface area contributed by atoms with Crippen molar-refractivity contribution in [3.05, 3.63) is 24.1 Å². The normalized spacial score (nSPS) is 21.5. The van der Waals surface area contributed by atoms with Gasteiger partial charge in [0.1, 0.15) is 0 Å². The average molecular weight is 372 g/mol. The Morgan fingerprint density at radius 1 is 1.07 bits per heavy atom. The molecule has 2 aliphatic rings. The highest BCUT2D eigenvalue weighted by Gasteiger charge is 2.28. The third-order valence-electron chi connectivity index (χ3n) is 5.61. The number of ether oxygens (including phenoxy) is 2. The van der Waals surface area contributed by atoms with Crippen LogP contribution in [0.5, 0.6) is 11.5 Å². The first-order chi connectivity index (χ1) is 13.3. The van der Waals surface area contributed by atoms with Crippen molar-refractivity contribution in [3.8, 4) is 22.9 Å². The largest absolute Gasteiger partial charge is 0.493 e. The molecule has 0 spiro atoms. The summed E-state index contributed by atoms with van der Waals surface area (Å²) in [6.45, 7) is 5.40. The standard InChI is InChI=1S/C20H28N4O3/c1-25-17-8-7-15(12-18(17)26-2)20-21-19(27-22-20)14-23-9-5-6-16(13-23)24-10-3-4-11-24/h7-8,12,16H,3-6,9-11,13-14H2,1-2H3. The van der Waals surface area contributed by atoms with Crippen molar-refractivity contribution in [3.63, 3.8) is 0 Å². The van der Waals surface area contributed by atoms with Crippen LogP contribution in [0.25, 0.3) is 11.4 Å². The maximum Gasteiger partial charge on any atom is 0.241 e. The third kappa shape index (κ3) is 4.09. The maximum absolute atomic E-state index is 5.52. The first-order valence-electron chi connectivity index (χ1n) is 9.78. The second-order valence-corrected chi connectivity index (χ2v) is 7.36. The first-order valence-corrected chi connectivity index (χ1v) is 9.78. The molecule has 7 heteroatoms. The molecule has 7 nitrogen and oxygen atoms in total. The molecule has 4 rings (SSSR count). The molecule has 0 saturated carbocycles. The lowest BCUT2D eigenvalue weighted by Gasteiger charge is -2.36. The fourth-order valence-corrected chi connectivity index (χ4v) is 4.18. The van der Waals surface area contributed by atoms with E-state index in [1.54, 1.807) is 14.2 Å². The van der Waals surface area contributed by atoms with Crippen LogP contribution in [0.4, 0.5) is 0 Å². The minimum absolute atomic E-state index is 0.582. The number of nitrogens with zero attached hydrogens (tertiary/aromatic N) is 4. The summed E-state index contributed by atoms with van der Waals surface area (Å²) in [4.78, 5) is 9.69. The Hall–Kier alpha value is -2.12. The highest BCUT2D eigenvalue weighted by Crippen LogP contribution is 2.31. The summed E-state index contributed by atoms with van der Waals surface area (Å²) in [6.07, 6.45) is 5.22. The Morgan fingerprint density at radius 3 is 2.67 bits per heavy atom. The molecule has 3 heterocycles. The molecule has 2 aromatic rings. The Labute approximate surface area is 160 Å². The lowest BCUT2D eigenvalue weighted by Crippen LogP contribution is -2.46. The number of hydrogen-bond acceptors (Lipinski definition) is 7. The van der Waals surface area contributed by atoms with E-state index in [4.69, 9.17) is 14.0 Å². The molecule has 1 unspecified atom stereocenters. The highest BCUT2D eigenvalue weighted by atomic mass is 16.5. The van der Waals surface area contributed by atoms with E-state index in [2.05, 4.69) is 19.9 Å². The molecular weight excluding hydrogens is 344 g/mol. The SMILES string of the molecule is COc1ccc(-c2noc(CN3CCCC(N4CCCC4)C3)n2)cc1OC. The van der Waals surface area contributed by atoms with Crippen LogP contribution in [0.2, 0.25) is 0 Å². The molecule has 0 aliphatic carbocycles. The summed E-state index contributed by atoms with van der Waals surface area (Å²) in [5.41, 5.74) is 0.858. The first kappa shape index (κ1) is 18.3. The van der Waals surface area contributed by atoms with Crippen molar-refractivity contribution in [2.75, 3.05) is 40.4 Å². The number of methoxy groups -OCH3 is 2. The van der Waals surface area contributed by atoms with Crippen LogP contribution in [-0.4, -0.2) is 66.4 Å². The Bertz CT molecular complexity index is 757. The fraction of sp³-hybridized carbons (Fsp3) is 0.600. The molecule has 0 radical (unpaired) electrons. The molecule has 2 aliphatic heterocycles. The van der Waals surface area contributed by atoms with Crippen molar-refractivity contribution >= 4 is 0 Å². The van der Waals surface area contributed by atoms with Crippen LogP contribution in [0.15, 0.2) is 22.7 Å². The van der Waals surface area contributed by atoms with Gasteiger partial charge in [-0.15, -0.1) is 0 Å². The molecular formula is C20H28N4O3. The number of rotatable bonds is 6. The van der Waals surface area contributed by atoms with Gasteiger partial charge in [0.15, 0.2) is 11.5 Å². The maximum atomic E-state index is 5.52. The Morgan fingerprint density at radius 2 is 1.89 bits per heavy atom. The minimum Gasteiger partial charge on any atom is -0.493 e. The molecule has 2 saturated heterocycles. The van der Waals surface area contributed by atoms with Gasteiger partial charge in [-0.3, -0.25) is 9.80 Å². The zero-order valence-electron chi connectivity index (χ0n) is 16.2. The van der Waals surface area contributed by atoms with E-state index < -0.39 is 0 Å². The van der Waals surface area contributed by atoms with Crippen molar-refractivity contribution < 1.29 is 14.0 Å². The summed E-state index contributed by atoms with van der Waals surface area (Å²) in [6, 6.07) is 6.32. The second-order valence-electron chi connectivity index (χ2n) is 7.36. The van der Waals surface area contributed by atoms with Gasteiger partial charge in [0.2, 0.25) is 11.7 Å². The van der Waals surface area contributed by atoms with E-state index in [0.29, 0.717) is 35.8 Å². The summed E-state index contributed by atoms with van der Waals surface area (Å²) in [5.74, 6) is 2.60. The molecule has 146 valence electrons. The van der Waals surface area contributed by atoms with Gasteiger partial charge in [0.25, 0.3) is 0 Å². The van der Waals surface area contributed by atoms with E-state index in [0.717, 1.165) is 18.7 Å². The number of likely N-dealkylation sites (tertiary alicyclic amines) is 2. The van der Waals surface area contributed by atoms with Crippen LogP contribution in [0, 0.1) is 0 Å². The van der Waals surface area contributed by atoms with Gasteiger partial charge in [-0.25, -0.2) is 0 Å². The minimum atomic E-state index is 0.582. The predicted molar refractivity (Wildman–Crippen MR) is 102 cm³/mol.